The number of carbonyl (C=O) groups excluding carboxylic acids is 5. The quantitative estimate of drug-likeness (QED) is 0.170. The van der Waals surface area contributed by atoms with E-state index in [0.717, 1.165) is 62.1 Å². The maximum absolute atomic E-state index is 14.4. The standard InChI is InChI=1S/C42H58F3N5O7S/c1-23(2)33(50(7)39(54)35(25(4)27-12-13-27)47-37(53)32-11-9-10-18-49(32)6)19-34(57-26(5)51)38-46-31(22-58-38)36(52)48-41(20-24(3)40(55)56-8)21-30(41)28-14-16-29(17-15-28)42(43,44)45/h14-17,22-25,27,30,32-35H,9-13,18-21H2,1-8H3,(H,47,53)(H,48,52)/t24-,25-,30?,32+,33+,34+,35-,41?/m0/s1. The lowest BCUT2D eigenvalue weighted by Crippen LogP contribution is -2.58. The second kappa shape index (κ2) is 18.5. The molecule has 2 unspecified atom stereocenters. The van der Waals surface area contributed by atoms with Crippen LogP contribution in [0.25, 0.3) is 0 Å². The second-order valence-electron chi connectivity index (χ2n) is 17.0. The molecular formula is C42H58F3N5O7S. The molecule has 0 bridgehead atoms. The summed E-state index contributed by atoms with van der Waals surface area (Å²) < 4.78 is 50.6. The van der Waals surface area contributed by atoms with Crippen LogP contribution in [0, 0.1) is 23.7 Å². The van der Waals surface area contributed by atoms with Gasteiger partial charge in [0.2, 0.25) is 11.8 Å². The Morgan fingerprint density at radius 3 is 2.29 bits per heavy atom. The molecule has 5 rings (SSSR count). The molecule has 12 nitrogen and oxygen atoms in total. The largest absolute Gasteiger partial charge is 0.469 e. The number of nitrogens with one attached hydrogen (secondary N) is 2. The van der Waals surface area contributed by atoms with Crippen molar-refractivity contribution < 1.29 is 46.6 Å². The number of rotatable bonds is 17. The van der Waals surface area contributed by atoms with Crippen LogP contribution >= 0.6 is 11.3 Å². The molecule has 16 heteroatoms. The molecule has 1 saturated heterocycles. The maximum Gasteiger partial charge on any atom is 0.416 e. The number of nitrogens with zero attached hydrogens (tertiary/aromatic N) is 3. The van der Waals surface area contributed by atoms with Crippen LogP contribution in [0.4, 0.5) is 13.2 Å². The molecule has 2 saturated carbocycles. The number of halogens is 3. The predicted molar refractivity (Wildman–Crippen MR) is 212 cm³/mol. The smallest absolute Gasteiger partial charge is 0.416 e. The van der Waals surface area contributed by atoms with Crippen molar-refractivity contribution in [1.29, 1.82) is 0 Å². The van der Waals surface area contributed by atoms with E-state index < -0.39 is 59.2 Å². The highest BCUT2D eigenvalue weighted by atomic mass is 32.1. The van der Waals surface area contributed by atoms with Crippen molar-refractivity contribution in [3.8, 4) is 0 Å². The number of likely N-dealkylation sites (tertiary alicyclic amines) is 1. The molecule has 2 heterocycles. The molecule has 1 aromatic heterocycles. The normalized spacial score (nSPS) is 23.5. The zero-order chi connectivity index (χ0) is 42.7. The van der Waals surface area contributed by atoms with E-state index in [1.807, 2.05) is 32.7 Å². The third kappa shape index (κ3) is 10.8. The fourth-order valence-corrected chi connectivity index (χ4v) is 9.41. The average molecular weight is 834 g/mol. The number of thiazole rings is 1. The van der Waals surface area contributed by atoms with Gasteiger partial charge in [-0.15, -0.1) is 11.3 Å². The summed E-state index contributed by atoms with van der Waals surface area (Å²) >= 11 is 1.12. The molecule has 0 spiro atoms. The lowest BCUT2D eigenvalue weighted by molar-refractivity contribution is -0.149. The first kappa shape index (κ1) is 45.0. The van der Waals surface area contributed by atoms with Crippen LogP contribution < -0.4 is 10.6 Å². The lowest BCUT2D eigenvalue weighted by Gasteiger charge is -2.38. The number of esters is 2. The van der Waals surface area contributed by atoms with Crippen LogP contribution in [0.15, 0.2) is 29.6 Å². The van der Waals surface area contributed by atoms with Crippen molar-refractivity contribution in [2.75, 3.05) is 27.7 Å². The van der Waals surface area contributed by atoms with E-state index in [9.17, 15) is 37.1 Å². The zero-order valence-corrected chi connectivity index (χ0v) is 35.5. The van der Waals surface area contributed by atoms with Gasteiger partial charge in [0.1, 0.15) is 16.7 Å². The Morgan fingerprint density at radius 2 is 1.72 bits per heavy atom. The molecule has 3 fully saturated rings. The van der Waals surface area contributed by atoms with Crippen LogP contribution in [0.1, 0.15) is 125 Å². The topological polar surface area (TPSA) is 147 Å². The van der Waals surface area contributed by atoms with E-state index in [4.69, 9.17) is 9.47 Å². The van der Waals surface area contributed by atoms with Gasteiger partial charge in [-0.1, -0.05) is 46.2 Å². The van der Waals surface area contributed by atoms with Gasteiger partial charge in [-0.2, -0.15) is 13.2 Å². The Labute approximate surface area is 343 Å². The zero-order valence-electron chi connectivity index (χ0n) is 34.7. The minimum Gasteiger partial charge on any atom is -0.469 e. The molecule has 3 amide bonds. The molecule has 1 aromatic carbocycles. The van der Waals surface area contributed by atoms with Gasteiger partial charge in [-0.05, 0) is 87.6 Å². The average Bonchev–Trinajstić information content (AvgIpc) is 4.09. The number of piperidine rings is 1. The molecule has 1 aliphatic heterocycles. The Kier molecular flexibility index (Phi) is 14.3. The number of likely N-dealkylation sites (N-methyl/N-ethyl adjacent to an activating group) is 2. The molecule has 320 valence electrons. The summed E-state index contributed by atoms with van der Waals surface area (Å²) in [5.74, 6) is -2.79. The second-order valence-corrected chi connectivity index (χ2v) is 17.8. The number of ether oxygens (including phenoxy) is 2. The minimum atomic E-state index is -4.50. The number of alkyl halides is 3. The molecule has 8 atom stereocenters. The van der Waals surface area contributed by atoms with Crippen LogP contribution in [0.2, 0.25) is 0 Å². The summed E-state index contributed by atoms with van der Waals surface area (Å²) in [6.45, 7) is 9.71. The highest BCUT2D eigenvalue weighted by Gasteiger charge is 2.57. The maximum atomic E-state index is 14.4. The first-order valence-electron chi connectivity index (χ1n) is 20.2. The molecule has 2 N–H and O–H groups in total. The van der Waals surface area contributed by atoms with Crippen LogP contribution in [0.3, 0.4) is 0 Å². The van der Waals surface area contributed by atoms with Gasteiger partial charge >= 0.3 is 18.1 Å². The Morgan fingerprint density at radius 1 is 1.05 bits per heavy atom. The number of benzene rings is 1. The van der Waals surface area contributed by atoms with E-state index in [1.54, 1.807) is 24.3 Å². The summed E-state index contributed by atoms with van der Waals surface area (Å²) in [7, 11) is 4.91. The summed E-state index contributed by atoms with van der Waals surface area (Å²) in [4.78, 5) is 75.0. The van der Waals surface area contributed by atoms with Gasteiger partial charge in [0.05, 0.1) is 24.6 Å². The summed E-state index contributed by atoms with van der Waals surface area (Å²) in [5, 5.41) is 8.04. The first-order valence-corrected chi connectivity index (χ1v) is 21.1. The molecular weight excluding hydrogens is 776 g/mol. The highest BCUT2D eigenvalue weighted by Crippen LogP contribution is 2.55. The number of hydrogen-bond donors (Lipinski definition) is 2. The van der Waals surface area contributed by atoms with Crippen molar-refractivity contribution in [3.05, 3.63) is 51.5 Å². The first-order chi connectivity index (χ1) is 27.3. The van der Waals surface area contributed by atoms with Gasteiger partial charge in [0.25, 0.3) is 5.91 Å². The van der Waals surface area contributed by atoms with E-state index in [-0.39, 0.29) is 54.1 Å². The molecule has 2 aliphatic carbocycles. The Balaban J connectivity index is 1.34. The fourth-order valence-electron chi connectivity index (χ4n) is 8.57. The van der Waals surface area contributed by atoms with E-state index in [2.05, 4.69) is 15.6 Å². The third-order valence-electron chi connectivity index (χ3n) is 12.3. The number of methoxy groups -OCH3 is 1. The monoisotopic (exact) mass is 833 g/mol. The Hall–Kier alpha value is -4.05. The molecule has 2 aromatic rings. The Bertz CT molecular complexity index is 1800. The van der Waals surface area contributed by atoms with Gasteiger partial charge < -0.3 is 25.0 Å². The number of amides is 3. The lowest BCUT2D eigenvalue weighted by atomic mass is 9.91. The van der Waals surface area contributed by atoms with E-state index in [0.29, 0.717) is 22.9 Å². The minimum absolute atomic E-state index is 0.0413. The van der Waals surface area contributed by atoms with Crippen molar-refractivity contribution in [3.63, 3.8) is 0 Å². The predicted octanol–water partition coefficient (Wildman–Crippen LogP) is 6.51. The van der Waals surface area contributed by atoms with E-state index in [1.165, 1.54) is 26.2 Å². The summed E-state index contributed by atoms with van der Waals surface area (Å²) in [5.41, 5.74) is -1.11. The number of aromatic nitrogens is 1. The third-order valence-corrected chi connectivity index (χ3v) is 13.2. The van der Waals surface area contributed by atoms with Crippen molar-refractivity contribution >= 4 is 41.0 Å². The highest BCUT2D eigenvalue weighted by molar-refractivity contribution is 7.09. The van der Waals surface area contributed by atoms with Crippen molar-refractivity contribution in [2.45, 2.75) is 128 Å². The van der Waals surface area contributed by atoms with Crippen molar-refractivity contribution in [2.24, 2.45) is 23.7 Å². The number of hydrogen-bond acceptors (Lipinski definition) is 10. The van der Waals surface area contributed by atoms with Crippen molar-refractivity contribution in [1.82, 2.24) is 25.4 Å². The van der Waals surface area contributed by atoms with Gasteiger partial charge in [-0.25, -0.2) is 4.98 Å². The van der Waals surface area contributed by atoms with Gasteiger partial charge in [0.15, 0.2) is 6.10 Å². The van der Waals surface area contributed by atoms with Crippen LogP contribution in [0.5, 0.6) is 0 Å². The van der Waals surface area contributed by atoms with Crippen LogP contribution in [-0.4, -0.2) is 95.9 Å². The molecule has 3 aliphatic rings. The van der Waals surface area contributed by atoms with Gasteiger partial charge in [0, 0.05) is 43.3 Å². The van der Waals surface area contributed by atoms with E-state index >= 15 is 0 Å². The fraction of sp³-hybridized carbons (Fsp3) is 0.667. The summed E-state index contributed by atoms with van der Waals surface area (Å²) in [6, 6.07) is 3.31. The van der Waals surface area contributed by atoms with Crippen LogP contribution in [-0.2, 0) is 34.8 Å². The van der Waals surface area contributed by atoms with Gasteiger partial charge in [-0.3, -0.25) is 28.9 Å². The summed E-state index contributed by atoms with van der Waals surface area (Å²) in [6.07, 6.45) is 0.0269. The molecule has 58 heavy (non-hydrogen) atoms. The number of carbonyl (C=O) groups is 5. The molecule has 0 radical (unpaired) electrons. The SMILES string of the molecule is COC(=O)[C@@H](C)CC1(NC(=O)c2csc([C@@H](C[C@H](C(C)C)N(C)C(=O)[C@@H](NC(=O)[C@H]3CCCCN3C)[C@@H](C)C3CC3)OC(C)=O)n2)CC1c1ccc(C(F)(F)F)cc1.